The van der Waals surface area contributed by atoms with Crippen molar-refractivity contribution in [1.29, 1.82) is 0 Å². The van der Waals surface area contributed by atoms with Gasteiger partial charge >= 0.3 is 5.76 Å². The van der Waals surface area contributed by atoms with Gasteiger partial charge in [-0.1, -0.05) is 33.2 Å². The normalized spacial score (nSPS) is 17.8. The summed E-state index contributed by atoms with van der Waals surface area (Å²) in [4.78, 5) is 26.3. The van der Waals surface area contributed by atoms with E-state index in [1.165, 1.54) is 6.07 Å². The van der Waals surface area contributed by atoms with Gasteiger partial charge in [-0.2, -0.15) is 0 Å². The highest BCUT2D eigenvalue weighted by atomic mass is 79.9. The minimum Gasteiger partial charge on any atom is -0.473 e. The summed E-state index contributed by atoms with van der Waals surface area (Å²) in [6, 6.07) is 16.6. The van der Waals surface area contributed by atoms with Crippen molar-refractivity contribution in [3.8, 4) is 17.3 Å². The molecule has 2 aromatic carbocycles. The summed E-state index contributed by atoms with van der Waals surface area (Å²) in [5, 5.41) is 3.84. The van der Waals surface area contributed by atoms with Crippen molar-refractivity contribution in [1.82, 2.24) is 29.6 Å². The zero-order chi connectivity index (χ0) is 29.3. The Bertz CT molecular complexity index is 1810. The van der Waals surface area contributed by atoms with Crippen LogP contribution in [-0.2, 0) is 24.4 Å². The summed E-state index contributed by atoms with van der Waals surface area (Å²) in [7, 11) is 0. The van der Waals surface area contributed by atoms with E-state index in [0.717, 1.165) is 80.2 Å². The number of hydrogen-bond acceptors (Lipinski definition) is 8. The Morgan fingerprint density at radius 2 is 1.93 bits per heavy atom. The molecule has 10 nitrogen and oxygen atoms in total. The number of benzene rings is 2. The van der Waals surface area contributed by atoms with Crippen LogP contribution in [0.3, 0.4) is 0 Å². The first-order chi connectivity index (χ1) is 21.0. The number of nitrogens with one attached hydrogen (secondary N) is 1. The lowest BCUT2D eigenvalue weighted by Gasteiger charge is -2.32. The number of H-pyrrole nitrogens is 1. The number of aromatic nitrogens is 5. The van der Waals surface area contributed by atoms with Gasteiger partial charge in [-0.3, -0.25) is 14.4 Å². The second-order valence-electron chi connectivity index (χ2n) is 11.0. The molecule has 5 heterocycles. The average Bonchev–Trinajstić information content (AvgIpc) is 3.57. The predicted molar refractivity (Wildman–Crippen MR) is 160 cm³/mol. The maximum atomic E-state index is 14.2. The predicted octanol–water partition coefficient (Wildman–Crippen LogP) is 5.42. The molecule has 222 valence electrons. The molecule has 0 amide bonds. The lowest BCUT2D eigenvalue weighted by Crippen LogP contribution is -2.35. The van der Waals surface area contributed by atoms with Crippen molar-refractivity contribution < 1.29 is 18.4 Å². The van der Waals surface area contributed by atoms with E-state index in [4.69, 9.17) is 24.0 Å². The van der Waals surface area contributed by atoms with Crippen LogP contribution in [0.5, 0.6) is 5.88 Å². The van der Waals surface area contributed by atoms with E-state index in [1.807, 2.05) is 36.4 Å². The number of aromatic amines is 1. The third-order valence-corrected chi connectivity index (χ3v) is 8.72. The van der Waals surface area contributed by atoms with Crippen molar-refractivity contribution >= 4 is 27.0 Å². The number of ether oxygens (including phenoxy) is 2. The standard InChI is InChI=1S/C31H30BrFN6O4/c32-22-6-4-21(24(33)15-22)18-42-29-3-1-2-25(35-29)19-8-11-38(12-9-19)17-28-34-26-7-5-20(30-36-31(40)43-37-30)14-27(26)39(28)16-23-10-13-41-23/h1-7,14-15,19,23H,8-13,16-18H2,(H,36,37,40)/t23-/m0/s1. The second kappa shape index (κ2) is 12.0. The summed E-state index contributed by atoms with van der Waals surface area (Å²) in [5.41, 5.74) is 4.12. The molecule has 0 spiro atoms. The molecule has 2 aliphatic rings. The van der Waals surface area contributed by atoms with Crippen LogP contribution in [0, 0.1) is 5.82 Å². The van der Waals surface area contributed by atoms with Crippen molar-refractivity contribution in [3.05, 3.63) is 92.5 Å². The topological polar surface area (TPSA) is 111 Å². The van der Waals surface area contributed by atoms with Crippen LogP contribution in [0.1, 0.15) is 42.3 Å². The Balaban J connectivity index is 1.03. The highest BCUT2D eigenvalue weighted by Gasteiger charge is 2.26. The van der Waals surface area contributed by atoms with Gasteiger partial charge in [-0.15, -0.1) is 0 Å². The number of pyridine rings is 1. The lowest BCUT2D eigenvalue weighted by molar-refractivity contribution is -0.0592. The van der Waals surface area contributed by atoms with Gasteiger partial charge in [0.05, 0.1) is 30.2 Å². The van der Waals surface area contributed by atoms with E-state index in [0.29, 0.717) is 27.7 Å². The fourth-order valence-electron chi connectivity index (χ4n) is 5.75. The number of hydrogen-bond donors (Lipinski definition) is 1. The van der Waals surface area contributed by atoms with E-state index in [1.54, 1.807) is 12.1 Å². The molecule has 7 rings (SSSR count). The van der Waals surface area contributed by atoms with Crippen molar-refractivity contribution in [3.63, 3.8) is 0 Å². The van der Waals surface area contributed by atoms with E-state index >= 15 is 0 Å². The number of halogens is 2. The molecule has 2 fully saturated rings. The number of nitrogens with zero attached hydrogens (tertiary/aromatic N) is 5. The van der Waals surface area contributed by atoms with E-state index in [2.05, 4.69) is 35.5 Å². The number of likely N-dealkylation sites (tertiary alicyclic amines) is 1. The lowest BCUT2D eigenvalue weighted by atomic mass is 9.93. The molecule has 2 aliphatic heterocycles. The van der Waals surface area contributed by atoms with Crippen molar-refractivity contribution in [2.24, 2.45) is 0 Å². The zero-order valence-electron chi connectivity index (χ0n) is 23.3. The number of piperidine rings is 1. The molecule has 0 aliphatic carbocycles. The minimum absolute atomic E-state index is 0.124. The number of rotatable bonds is 9. The Labute approximate surface area is 255 Å². The van der Waals surface area contributed by atoms with Crippen LogP contribution in [0.4, 0.5) is 4.39 Å². The van der Waals surface area contributed by atoms with Gasteiger partial charge in [0.25, 0.3) is 0 Å². The zero-order valence-corrected chi connectivity index (χ0v) is 24.9. The molecule has 0 radical (unpaired) electrons. The fourth-order valence-corrected chi connectivity index (χ4v) is 6.08. The van der Waals surface area contributed by atoms with E-state index in [9.17, 15) is 9.18 Å². The summed E-state index contributed by atoms with van der Waals surface area (Å²) >= 11 is 3.28. The Morgan fingerprint density at radius 1 is 1.07 bits per heavy atom. The molecule has 1 atom stereocenters. The SMILES string of the molecule is O=c1[nH]c(-c2ccc3nc(CN4CCC(c5cccc(OCc6ccc(Br)cc6F)n5)CC4)n(C[C@@H]4CCO4)c3c2)no1. The highest BCUT2D eigenvalue weighted by molar-refractivity contribution is 9.10. The Hall–Kier alpha value is -3.87. The Morgan fingerprint density at radius 3 is 2.67 bits per heavy atom. The molecule has 0 saturated carbocycles. The first kappa shape index (κ1) is 27.9. The van der Waals surface area contributed by atoms with E-state index < -0.39 is 5.76 Å². The summed E-state index contributed by atoms with van der Waals surface area (Å²) in [5.74, 6) is 1.32. The van der Waals surface area contributed by atoms with Gasteiger partial charge in [0.2, 0.25) is 5.88 Å². The second-order valence-corrected chi connectivity index (χ2v) is 12.0. The van der Waals surface area contributed by atoms with Crippen molar-refractivity contribution in [2.75, 3.05) is 19.7 Å². The molecule has 0 unspecified atom stereocenters. The first-order valence-corrected chi connectivity index (χ1v) is 15.2. The van der Waals surface area contributed by atoms with Gasteiger partial charge in [-0.25, -0.2) is 19.2 Å². The molecule has 1 N–H and O–H groups in total. The van der Waals surface area contributed by atoms with Gasteiger partial charge in [-0.05, 0) is 68.8 Å². The van der Waals surface area contributed by atoms with Crippen LogP contribution in [0.25, 0.3) is 22.4 Å². The summed E-state index contributed by atoms with van der Waals surface area (Å²) in [6.45, 7) is 4.18. The third-order valence-electron chi connectivity index (χ3n) is 8.23. The smallest absolute Gasteiger partial charge is 0.439 e. The molecule has 2 saturated heterocycles. The molecular formula is C31H30BrFN6O4. The minimum atomic E-state index is -0.582. The maximum absolute atomic E-state index is 14.2. The van der Waals surface area contributed by atoms with E-state index in [-0.39, 0.29) is 18.5 Å². The van der Waals surface area contributed by atoms with Crippen molar-refractivity contribution in [2.45, 2.75) is 51.0 Å². The molecular weight excluding hydrogens is 619 g/mol. The first-order valence-electron chi connectivity index (χ1n) is 14.4. The van der Waals surface area contributed by atoms with Gasteiger partial charge in [0, 0.05) is 39.9 Å². The quantitative estimate of drug-likeness (QED) is 0.225. The van der Waals surface area contributed by atoms with Crippen LogP contribution in [0.15, 0.2) is 68.4 Å². The highest BCUT2D eigenvalue weighted by Crippen LogP contribution is 2.30. The molecule has 3 aromatic heterocycles. The summed E-state index contributed by atoms with van der Waals surface area (Å²) < 4.78 is 33.5. The molecule has 0 bridgehead atoms. The fraction of sp³-hybridized carbons (Fsp3) is 0.355. The van der Waals surface area contributed by atoms with Crippen LogP contribution in [-0.4, -0.2) is 55.4 Å². The van der Waals surface area contributed by atoms with Gasteiger partial charge in [0.15, 0.2) is 5.82 Å². The molecule has 12 heteroatoms. The molecule has 5 aromatic rings. The molecule has 43 heavy (non-hydrogen) atoms. The van der Waals surface area contributed by atoms with Gasteiger partial charge < -0.3 is 14.0 Å². The number of fused-ring (bicyclic) bond motifs is 1. The monoisotopic (exact) mass is 648 g/mol. The van der Waals surface area contributed by atoms with Crippen LogP contribution in [0.2, 0.25) is 0 Å². The summed E-state index contributed by atoms with van der Waals surface area (Å²) in [6.07, 6.45) is 3.12. The average molecular weight is 650 g/mol. The van der Waals surface area contributed by atoms with Gasteiger partial charge in [0.1, 0.15) is 18.2 Å². The maximum Gasteiger partial charge on any atom is 0.439 e. The van der Waals surface area contributed by atoms with Crippen LogP contribution < -0.4 is 10.5 Å². The number of imidazole rings is 1. The van der Waals surface area contributed by atoms with Crippen LogP contribution >= 0.6 is 15.9 Å². The third kappa shape index (κ3) is 6.13. The Kier molecular flexibility index (Phi) is 7.81. The largest absolute Gasteiger partial charge is 0.473 e.